The van der Waals surface area contributed by atoms with Crippen molar-refractivity contribution in [2.24, 2.45) is 11.5 Å². The summed E-state index contributed by atoms with van der Waals surface area (Å²) in [7, 11) is -5.63. The third-order valence-corrected chi connectivity index (χ3v) is 6.15. The number of nitrogens with two attached hydrogens (primary N) is 2. The summed E-state index contributed by atoms with van der Waals surface area (Å²) in [4.78, 5) is 0. The van der Waals surface area contributed by atoms with Crippen molar-refractivity contribution in [2.45, 2.75) is 56.5 Å². The molecule has 114 valence electrons. The van der Waals surface area contributed by atoms with Crippen LogP contribution in [0, 0.1) is 0 Å². The Balaban J connectivity index is 0. The fraction of sp³-hybridized carbons (Fsp3) is 1.00. The van der Waals surface area contributed by atoms with Gasteiger partial charge < -0.3 is 11.5 Å². The molecule has 0 heterocycles. The van der Waals surface area contributed by atoms with E-state index in [2.05, 4.69) is 19.6 Å². The Morgan fingerprint density at radius 3 is 1.72 bits per heavy atom. The molecule has 0 aromatic carbocycles. The summed E-state index contributed by atoms with van der Waals surface area (Å²) in [5.41, 5.74) is 12.7. The van der Waals surface area contributed by atoms with Gasteiger partial charge in [0, 0.05) is 41.2 Å². The van der Waals surface area contributed by atoms with Crippen molar-refractivity contribution in [3.8, 4) is 0 Å². The molecular formula is C9H24N2O4PtSSi. The molecule has 3 atom stereocenters. The second-order valence-electron chi connectivity index (χ2n) is 5.65. The predicted molar refractivity (Wildman–Crippen MR) is 71.1 cm³/mol. The zero-order valence-electron chi connectivity index (χ0n) is 10.9. The molecule has 0 amide bonds. The normalized spacial score (nSPS) is 28.7. The van der Waals surface area contributed by atoms with Gasteiger partial charge in [-0.1, -0.05) is 26.1 Å². The van der Waals surface area contributed by atoms with E-state index < -0.39 is 18.5 Å². The van der Waals surface area contributed by atoms with Crippen LogP contribution in [0.2, 0.25) is 25.2 Å². The maximum absolute atomic E-state index is 8.74. The molecule has 6 nitrogen and oxygen atoms in total. The summed E-state index contributed by atoms with van der Waals surface area (Å²) < 4.78 is 31.6. The van der Waals surface area contributed by atoms with Gasteiger partial charge in [-0.3, -0.25) is 9.11 Å². The van der Waals surface area contributed by atoms with Gasteiger partial charge in [0.15, 0.2) is 0 Å². The molecule has 1 aliphatic rings. The summed E-state index contributed by atoms with van der Waals surface area (Å²) in [6.45, 7) is 7.30. The number of rotatable bonds is 1. The summed E-state index contributed by atoms with van der Waals surface area (Å²) in [5, 5.41) is 0. The van der Waals surface area contributed by atoms with Gasteiger partial charge in [0.05, 0.1) is 0 Å². The van der Waals surface area contributed by atoms with Crippen molar-refractivity contribution in [1.82, 2.24) is 0 Å². The first-order valence-corrected chi connectivity index (χ1v) is 10.6. The SMILES string of the molecule is C[Si](C)(C)C1CC[C@@H](N)[C@H](N)C1.O=S(=O)(O)O.[Pt]. The van der Waals surface area contributed by atoms with Crippen molar-refractivity contribution in [1.29, 1.82) is 0 Å². The van der Waals surface area contributed by atoms with E-state index in [9.17, 15) is 0 Å². The maximum Gasteiger partial charge on any atom is 0.394 e. The first-order chi connectivity index (χ1) is 7.41. The Morgan fingerprint density at radius 1 is 1.06 bits per heavy atom. The van der Waals surface area contributed by atoms with Crippen LogP contribution in [0.25, 0.3) is 0 Å². The number of hydrogen-bond acceptors (Lipinski definition) is 4. The Hall–Kier alpha value is 0.695. The van der Waals surface area contributed by atoms with Crippen molar-refractivity contribution in [2.75, 3.05) is 0 Å². The van der Waals surface area contributed by atoms with E-state index in [1.807, 2.05) is 0 Å². The smallest absolute Gasteiger partial charge is 0.326 e. The zero-order valence-corrected chi connectivity index (χ0v) is 15.0. The second kappa shape index (κ2) is 8.09. The fourth-order valence-electron chi connectivity index (χ4n) is 2.02. The topological polar surface area (TPSA) is 127 Å². The quantitative estimate of drug-likeness (QED) is 0.327. The molecule has 18 heavy (non-hydrogen) atoms. The molecule has 0 saturated heterocycles. The summed E-state index contributed by atoms with van der Waals surface area (Å²) in [5.74, 6) is 0. The van der Waals surface area contributed by atoms with Crippen molar-refractivity contribution < 1.29 is 38.6 Å². The average molecular weight is 480 g/mol. The minimum atomic E-state index is -4.67. The van der Waals surface area contributed by atoms with E-state index in [0.717, 1.165) is 18.4 Å². The van der Waals surface area contributed by atoms with Gasteiger partial charge in [-0.25, -0.2) is 0 Å². The van der Waals surface area contributed by atoms with E-state index in [-0.39, 0.29) is 33.1 Å². The van der Waals surface area contributed by atoms with E-state index in [1.165, 1.54) is 6.42 Å². The van der Waals surface area contributed by atoms with E-state index in [0.29, 0.717) is 0 Å². The molecule has 1 fully saturated rings. The Bertz CT molecular complexity index is 326. The first kappa shape index (κ1) is 21.0. The van der Waals surface area contributed by atoms with Gasteiger partial charge in [0.1, 0.15) is 0 Å². The van der Waals surface area contributed by atoms with Crippen molar-refractivity contribution in [3.63, 3.8) is 0 Å². The van der Waals surface area contributed by atoms with Crippen molar-refractivity contribution >= 4 is 18.5 Å². The average Bonchev–Trinajstić information content (AvgIpc) is 2.04. The summed E-state index contributed by atoms with van der Waals surface area (Å²) >= 11 is 0. The Labute approximate surface area is 125 Å². The first-order valence-electron chi connectivity index (χ1n) is 5.62. The van der Waals surface area contributed by atoms with Crippen LogP contribution >= 0.6 is 0 Å². The Kier molecular flexibility index (Phi) is 9.44. The second-order valence-corrected chi connectivity index (χ2v) is 12.1. The standard InChI is InChI=1S/C9H22N2Si.H2O4S.Pt/c1-12(2,3)7-4-5-8(10)9(11)6-7;1-5(2,3)4;/h7-9H,4-6,10-11H2,1-3H3;(H2,1,2,3,4);/t7?,8-,9-;;/m1../s1. The largest absolute Gasteiger partial charge is 0.394 e. The van der Waals surface area contributed by atoms with Gasteiger partial charge in [0.25, 0.3) is 0 Å². The minimum absolute atomic E-state index is 0. The third kappa shape index (κ3) is 10.6. The van der Waals surface area contributed by atoms with Gasteiger partial charge in [-0.05, 0) is 18.4 Å². The van der Waals surface area contributed by atoms with Crippen LogP contribution in [-0.4, -0.2) is 37.7 Å². The van der Waals surface area contributed by atoms with Crippen LogP contribution in [0.3, 0.4) is 0 Å². The summed E-state index contributed by atoms with van der Waals surface area (Å²) in [6.07, 6.45) is 3.61. The molecular weight excluding hydrogens is 455 g/mol. The van der Waals surface area contributed by atoms with Gasteiger partial charge in [-0.15, -0.1) is 0 Å². The molecule has 0 radical (unpaired) electrons. The third-order valence-electron chi connectivity index (χ3n) is 3.18. The molecule has 0 bridgehead atoms. The molecule has 6 N–H and O–H groups in total. The molecule has 1 rings (SSSR count). The summed E-state index contributed by atoms with van der Waals surface area (Å²) in [6, 6.07) is 0.521. The maximum atomic E-state index is 8.74. The molecule has 0 aromatic rings. The molecule has 9 heteroatoms. The van der Waals surface area contributed by atoms with Crippen LogP contribution < -0.4 is 11.5 Å². The van der Waals surface area contributed by atoms with E-state index in [4.69, 9.17) is 29.0 Å². The van der Waals surface area contributed by atoms with E-state index >= 15 is 0 Å². The monoisotopic (exact) mass is 479 g/mol. The van der Waals surface area contributed by atoms with Crippen LogP contribution in [-0.2, 0) is 31.5 Å². The van der Waals surface area contributed by atoms with Gasteiger partial charge in [0.2, 0.25) is 0 Å². The molecule has 1 saturated carbocycles. The van der Waals surface area contributed by atoms with Crippen LogP contribution in [0.5, 0.6) is 0 Å². The molecule has 0 aliphatic heterocycles. The molecule has 1 unspecified atom stereocenters. The van der Waals surface area contributed by atoms with Crippen LogP contribution in [0.4, 0.5) is 0 Å². The zero-order chi connectivity index (χ0) is 13.9. The molecule has 0 aromatic heterocycles. The molecule has 1 aliphatic carbocycles. The fourth-order valence-corrected chi connectivity index (χ4v) is 4.03. The number of hydrogen-bond donors (Lipinski definition) is 4. The van der Waals surface area contributed by atoms with Crippen LogP contribution in [0.1, 0.15) is 19.3 Å². The van der Waals surface area contributed by atoms with Gasteiger partial charge in [-0.2, -0.15) is 8.42 Å². The van der Waals surface area contributed by atoms with Gasteiger partial charge >= 0.3 is 10.4 Å². The predicted octanol–water partition coefficient (Wildman–Crippen LogP) is 0.878. The minimum Gasteiger partial charge on any atom is -0.326 e. The Morgan fingerprint density at radius 2 is 1.44 bits per heavy atom. The van der Waals surface area contributed by atoms with Crippen molar-refractivity contribution in [3.05, 3.63) is 0 Å². The molecule has 0 spiro atoms. The van der Waals surface area contributed by atoms with E-state index in [1.54, 1.807) is 0 Å². The van der Waals surface area contributed by atoms with Crippen LogP contribution in [0.15, 0.2) is 0 Å².